The van der Waals surface area contributed by atoms with Crippen LogP contribution in [-0.4, -0.2) is 28.4 Å². The minimum atomic E-state index is -0.557. The molecule has 7 heteroatoms. The molecule has 0 aliphatic heterocycles. The van der Waals surface area contributed by atoms with E-state index in [4.69, 9.17) is 4.74 Å². The molecule has 0 aliphatic carbocycles. The fourth-order valence-electron chi connectivity index (χ4n) is 2.17. The summed E-state index contributed by atoms with van der Waals surface area (Å²) >= 11 is 0. The zero-order valence-electron chi connectivity index (χ0n) is 13.8. The van der Waals surface area contributed by atoms with E-state index >= 15 is 0 Å². The molecule has 0 unspecified atom stereocenters. The Morgan fingerprint density at radius 2 is 1.62 bits per heavy atom. The molecule has 2 aromatic carbocycles. The maximum Gasteiger partial charge on any atom is 0.289 e. The summed E-state index contributed by atoms with van der Waals surface area (Å²) in [6.45, 7) is -0.231. The van der Waals surface area contributed by atoms with Crippen molar-refractivity contribution in [2.24, 2.45) is 0 Å². The number of benzene rings is 2. The number of amides is 2. The second kappa shape index (κ2) is 8.39. The highest BCUT2D eigenvalue weighted by Crippen LogP contribution is 2.21. The van der Waals surface area contributed by atoms with Crippen LogP contribution in [0, 0.1) is 0 Å². The average molecular weight is 348 g/mol. The Morgan fingerprint density at radius 3 is 2.31 bits per heavy atom. The average Bonchev–Trinajstić information content (AvgIpc) is 2.72. The Kier molecular flexibility index (Phi) is 5.51. The van der Waals surface area contributed by atoms with Crippen LogP contribution in [0.1, 0.15) is 10.5 Å². The molecule has 0 saturated carbocycles. The molecule has 3 rings (SSSR count). The Labute approximate surface area is 150 Å². The highest BCUT2D eigenvalue weighted by Gasteiger charge is 2.09. The molecule has 0 radical (unpaired) electrons. The molecule has 0 bridgehead atoms. The van der Waals surface area contributed by atoms with E-state index in [0.717, 1.165) is 11.1 Å². The molecule has 130 valence electrons. The Balaban J connectivity index is 1.46. The minimum Gasteiger partial charge on any atom is -0.484 e. The zero-order valence-corrected chi connectivity index (χ0v) is 13.8. The lowest BCUT2D eigenvalue weighted by Gasteiger charge is -2.09. The van der Waals surface area contributed by atoms with E-state index in [1.807, 2.05) is 42.5 Å². The van der Waals surface area contributed by atoms with Gasteiger partial charge in [-0.15, -0.1) is 0 Å². The van der Waals surface area contributed by atoms with E-state index in [1.165, 1.54) is 18.6 Å². The summed E-state index contributed by atoms with van der Waals surface area (Å²) in [5.74, 6) is -0.492. The predicted octanol–water partition coefficient (Wildman–Crippen LogP) is 1.98. The summed E-state index contributed by atoms with van der Waals surface area (Å²) in [6.07, 6.45) is 4.14. The molecule has 0 aliphatic rings. The van der Waals surface area contributed by atoms with Crippen LogP contribution in [0.3, 0.4) is 0 Å². The van der Waals surface area contributed by atoms with Gasteiger partial charge in [-0.3, -0.25) is 25.4 Å². The zero-order chi connectivity index (χ0) is 18.2. The number of carbonyl (C=O) groups is 2. The van der Waals surface area contributed by atoms with Gasteiger partial charge in [0.1, 0.15) is 11.4 Å². The largest absolute Gasteiger partial charge is 0.484 e. The van der Waals surface area contributed by atoms with Crippen molar-refractivity contribution in [3.63, 3.8) is 0 Å². The molecule has 2 amide bonds. The van der Waals surface area contributed by atoms with Crippen molar-refractivity contribution >= 4 is 11.8 Å². The maximum atomic E-state index is 11.8. The third-order valence-electron chi connectivity index (χ3n) is 3.44. The van der Waals surface area contributed by atoms with Crippen molar-refractivity contribution in [1.82, 2.24) is 20.8 Å². The van der Waals surface area contributed by atoms with Crippen molar-refractivity contribution < 1.29 is 14.3 Å². The van der Waals surface area contributed by atoms with Gasteiger partial charge >= 0.3 is 0 Å². The van der Waals surface area contributed by atoms with Gasteiger partial charge in [0.25, 0.3) is 11.8 Å². The predicted molar refractivity (Wildman–Crippen MR) is 95.0 cm³/mol. The number of nitrogens with one attached hydrogen (secondary N) is 2. The van der Waals surface area contributed by atoms with Crippen molar-refractivity contribution in [1.29, 1.82) is 0 Å². The van der Waals surface area contributed by atoms with E-state index in [2.05, 4.69) is 20.8 Å². The number of hydrogen-bond acceptors (Lipinski definition) is 5. The van der Waals surface area contributed by atoms with Gasteiger partial charge < -0.3 is 4.74 Å². The molecule has 3 aromatic rings. The quantitative estimate of drug-likeness (QED) is 0.688. The summed E-state index contributed by atoms with van der Waals surface area (Å²) in [4.78, 5) is 31.1. The minimum absolute atomic E-state index is 0.102. The topological polar surface area (TPSA) is 93.2 Å². The van der Waals surface area contributed by atoms with E-state index < -0.39 is 11.8 Å². The van der Waals surface area contributed by atoms with E-state index in [9.17, 15) is 9.59 Å². The first kappa shape index (κ1) is 17.1. The van der Waals surface area contributed by atoms with Crippen molar-refractivity contribution in [3.8, 4) is 16.9 Å². The summed E-state index contributed by atoms with van der Waals surface area (Å²) in [5.41, 5.74) is 6.76. The third-order valence-corrected chi connectivity index (χ3v) is 3.44. The standard InChI is InChI=1S/C19H16N4O3/c24-18(22-23-19(25)17-12-20-10-11-21-17)13-26-16-8-6-15(7-9-16)14-4-2-1-3-5-14/h1-12H,13H2,(H,22,24)(H,23,25). The fraction of sp³-hybridized carbons (Fsp3) is 0.0526. The van der Waals surface area contributed by atoms with Crippen LogP contribution in [0.15, 0.2) is 73.2 Å². The molecule has 0 saturated heterocycles. The Morgan fingerprint density at radius 1 is 0.885 bits per heavy atom. The fourth-order valence-corrected chi connectivity index (χ4v) is 2.17. The normalized spacial score (nSPS) is 10.0. The van der Waals surface area contributed by atoms with Gasteiger partial charge in [0, 0.05) is 12.4 Å². The van der Waals surface area contributed by atoms with E-state index in [1.54, 1.807) is 12.1 Å². The van der Waals surface area contributed by atoms with Crippen LogP contribution in [-0.2, 0) is 4.79 Å². The van der Waals surface area contributed by atoms with Gasteiger partial charge in [0.2, 0.25) is 0 Å². The number of nitrogens with zero attached hydrogens (tertiary/aromatic N) is 2. The SMILES string of the molecule is O=C(COc1ccc(-c2ccccc2)cc1)NNC(=O)c1cnccn1. The molecule has 0 fully saturated rings. The van der Waals surface area contributed by atoms with E-state index in [-0.39, 0.29) is 12.3 Å². The number of rotatable bonds is 5. The lowest BCUT2D eigenvalue weighted by Crippen LogP contribution is -2.44. The molecule has 0 spiro atoms. The summed E-state index contributed by atoms with van der Waals surface area (Å²) in [5, 5.41) is 0. The molecule has 7 nitrogen and oxygen atoms in total. The number of carbonyl (C=O) groups excluding carboxylic acids is 2. The van der Waals surface area contributed by atoms with Crippen molar-refractivity contribution in [2.75, 3.05) is 6.61 Å². The molecule has 1 heterocycles. The van der Waals surface area contributed by atoms with Crippen LogP contribution >= 0.6 is 0 Å². The first-order valence-corrected chi connectivity index (χ1v) is 7.86. The summed E-state index contributed by atoms with van der Waals surface area (Å²) in [6, 6.07) is 17.3. The summed E-state index contributed by atoms with van der Waals surface area (Å²) in [7, 11) is 0. The van der Waals surface area contributed by atoms with Crippen LogP contribution in [0.5, 0.6) is 5.75 Å². The molecule has 26 heavy (non-hydrogen) atoms. The van der Waals surface area contributed by atoms with Gasteiger partial charge in [-0.1, -0.05) is 42.5 Å². The monoisotopic (exact) mass is 348 g/mol. The molecule has 2 N–H and O–H groups in total. The highest BCUT2D eigenvalue weighted by molar-refractivity contribution is 5.93. The smallest absolute Gasteiger partial charge is 0.289 e. The van der Waals surface area contributed by atoms with Gasteiger partial charge in [0.05, 0.1) is 6.20 Å². The van der Waals surface area contributed by atoms with Crippen LogP contribution < -0.4 is 15.6 Å². The van der Waals surface area contributed by atoms with E-state index in [0.29, 0.717) is 5.75 Å². The van der Waals surface area contributed by atoms with Crippen LogP contribution in [0.2, 0.25) is 0 Å². The molecule has 0 atom stereocenters. The molecule has 1 aromatic heterocycles. The third kappa shape index (κ3) is 4.64. The second-order valence-corrected chi connectivity index (χ2v) is 5.27. The second-order valence-electron chi connectivity index (χ2n) is 5.27. The lowest BCUT2D eigenvalue weighted by molar-refractivity contribution is -0.123. The highest BCUT2D eigenvalue weighted by atomic mass is 16.5. The lowest BCUT2D eigenvalue weighted by atomic mass is 10.1. The number of ether oxygens (including phenoxy) is 1. The first-order valence-electron chi connectivity index (χ1n) is 7.86. The number of aromatic nitrogens is 2. The maximum absolute atomic E-state index is 11.8. The first-order chi connectivity index (χ1) is 12.7. The van der Waals surface area contributed by atoms with Crippen molar-refractivity contribution in [2.45, 2.75) is 0 Å². The Hall–Kier alpha value is -3.74. The van der Waals surface area contributed by atoms with Gasteiger partial charge in [-0.05, 0) is 23.3 Å². The Bertz CT molecular complexity index is 868. The van der Waals surface area contributed by atoms with Gasteiger partial charge in [0.15, 0.2) is 6.61 Å². The number of hydrazine groups is 1. The van der Waals surface area contributed by atoms with Gasteiger partial charge in [-0.2, -0.15) is 0 Å². The number of hydrogen-bond donors (Lipinski definition) is 2. The van der Waals surface area contributed by atoms with Crippen molar-refractivity contribution in [3.05, 3.63) is 78.9 Å². The van der Waals surface area contributed by atoms with Gasteiger partial charge in [-0.25, -0.2) is 4.98 Å². The van der Waals surface area contributed by atoms with Crippen LogP contribution in [0.25, 0.3) is 11.1 Å². The molecular weight excluding hydrogens is 332 g/mol. The van der Waals surface area contributed by atoms with Crippen LogP contribution in [0.4, 0.5) is 0 Å². The summed E-state index contributed by atoms with van der Waals surface area (Å²) < 4.78 is 5.41. The molecular formula is C19H16N4O3.